The van der Waals surface area contributed by atoms with Crippen LogP contribution in [0.3, 0.4) is 0 Å². The van der Waals surface area contributed by atoms with Gasteiger partial charge in [0.25, 0.3) is 0 Å². The lowest BCUT2D eigenvalue weighted by Gasteiger charge is -2.29. The normalized spacial score (nSPS) is 13.9. The molecular formula is C37H51ClN4O4S. The van der Waals surface area contributed by atoms with Gasteiger partial charge in [0.1, 0.15) is 12.1 Å². The first-order chi connectivity index (χ1) is 22.6. The van der Waals surface area contributed by atoms with Crippen molar-refractivity contribution in [3.05, 3.63) is 94.4 Å². The largest absolute Gasteiger partial charge is 0.356 e. The molecule has 8 nitrogen and oxygen atoms in total. The van der Waals surface area contributed by atoms with Crippen LogP contribution in [-0.4, -0.2) is 48.3 Å². The highest BCUT2D eigenvalue weighted by molar-refractivity contribution is 7.84. The molecule has 0 saturated heterocycles. The SMILES string of the molecule is C=C/C=C(\S)CCCCC(=O)NC(Cc1ccccc1)C(=O)N[C@H](C(=O)NC(CCC(=O)NCC)Cc1ccc(Cl)cc1)C(C)CC. The Morgan fingerprint density at radius 1 is 0.830 bits per heavy atom. The molecule has 2 aromatic rings. The fourth-order valence-electron chi connectivity index (χ4n) is 5.10. The fourth-order valence-corrected chi connectivity index (χ4v) is 5.49. The Bertz CT molecular complexity index is 1320. The second-order valence-corrected chi connectivity index (χ2v) is 12.8. The average molecular weight is 683 g/mol. The first-order valence-electron chi connectivity index (χ1n) is 16.5. The summed E-state index contributed by atoms with van der Waals surface area (Å²) in [5.41, 5.74) is 1.85. The molecule has 0 heterocycles. The molecule has 0 aliphatic heterocycles. The number of benzene rings is 2. The summed E-state index contributed by atoms with van der Waals surface area (Å²) in [6.07, 6.45) is 8.02. The molecule has 10 heteroatoms. The van der Waals surface area contributed by atoms with Gasteiger partial charge >= 0.3 is 0 Å². The topological polar surface area (TPSA) is 116 Å². The summed E-state index contributed by atoms with van der Waals surface area (Å²) in [6, 6.07) is 14.8. The van der Waals surface area contributed by atoms with Crippen LogP contribution in [0.4, 0.5) is 0 Å². The second kappa shape index (κ2) is 22.1. The zero-order chi connectivity index (χ0) is 34.6. The minimum Gasteiger partial charge on any atom is -0.356 e. The third-order valence-electron chi connectivity index (χ3n) is 7.96. The molecule has 0 aliphatic carbocycles. The van der Waals surface area contributed by atoms with Gasteiger partial charge in [0, 0.05) is 36.9 Å². The van der Waals surface area contributed by atoms with E-state index in [2.05, 4.69) is 40.5 Å². The Labute approximate surface area is 291 Å². The van der Waals surface area contributed by atoms with Gasteiger partial charge < -0.3 is 21.3 Å². The van der Waals surface area contributed by atoms with Gasteiger partial charge in [0.2, 0.25) is 23.6 Å². The maximum absolute atomic E-state index is 13.8. The van der Waals surface area contributed by atoms with Crippen LogP contribution in [0, 0.1) is 5.92 Å². The average Bonchev–Trinajstić information content (AvgIpc) is 3.05. The molecule has 256 valence electrons. The molecule has 47 heavy (non-hydrogen) atoms. The van der Waals surface area contributed by atoms with Crippen molar-refractivity contribution in [2.45, 2.75) is 96.7 Å². The molecule has 0 radical (unpaired) electrons. The van der Waals surface area contributed by atoms with E-state index >= 15 is 0 Å². The zero-order valence-corrected chi connectivity index (χ0v) is 29.5. The standard InChI is InChI=1S/C37H51ClN4O4S/c1-5-13-31(47)16-11-12-17-34(44)41-32(25-27-14-9-8-10-15-27)36(45)42-35(26(4)6-2)37(46)40-30(22-23-33(43)39-7-3)24-28-18-20-29(38)21-19-28/h5,8-10,13-15,18-21,26,30,32,35,47H,1,6-7,11-12,16-17,22-25H2,2-4H3,(H,39,43)(H,40,46)(H,41,44)(H,42,45)/b31-13-/t26?,30?,32?,35-/m0/s1. The summed E-state index contributed by atoms with van der Waals surface area (Å²) in [6.45, 7) is 9.93. The van der Waals surface area contributed by atoms with Crippen molar-refractivity contribution < 1.29 is 19.2 Å². The van der Waals surface area contributed by atoms with Gasteiger partial charge in [-0.3, -0.25) is 19.2 Å². The van der Waals surface area contributed by atoms with Crippen molar-refractivity contribution in [3.8, 4) is 0 Å². The number of halogens is 1. The van der Waals surface area contributed by atoms with Crippen LogP contribution in [0.2, 0.25) is 5.02 Å². The molecular weight excluding hydrogens is 632 g/mol. The van der Waals surface area contributed by atoms with Crippen molar-refractivity contribution in [1.29, 1.82) is 0 Å². The van der Waals surface area contributed by atoms with E-state index in [0.717, 1.165) is 28.9 Å². The number of thiol groups is 1. The van der Waals surface area contributed by atoms with Crippen molar-refractivity contribution in [1.82, 2.24) is 21.3 Å². The number of hydrogen-bond acceptors (Lipinski definition) is 5. The highest BCUT2D eigenvalue weighted by Gasteiger charge is 2.31. The lowest BCUT2D eigenvalue weighted by Crippen LogP contribution is -2.57. The molecule has 2 rings (SSSR count). The Balaban J connectivity index is 2.19. The number of nitrogens with one attached hydrogen (secondary N) is 4. The van der Waals surface area contributed by atoms with Crippen molar-refractivity contribution in [2.75, 3.05) is 6.54 Å². The Morgan fingerprint density at radius 2 is 1.49 bits per heavy atom. The number of rotatable bonds is 21. The molecule has 4 N–H and O–H groups in total. The predicted molar refractivity (Wildman–Crippen MR) is 194 cm³/mol. The third kappa shape index (κ3) is 15.7. The van der Waals surface area contributed by atoms with E-state index in [1.807, 2.05) is 69.3 Å². The molecule has 4 atom stereocenters. The van der Waals surface area contributed by atoms with Gasteiger partial charge in [0.05, 0.1) is 0 Å². The molecule has 4 amide bonds. The Morgan fingerprint density at radius 3 is 2.13 bits per heavy atom. The molecule has 0 fully saturated rings. The quantitative estimate of drug-likeness (QED) is 0.0622. The van der Waals surface area contributed by atoms with Gasteiger partial charge in [0.15, 0.2) is 0 Å². The summed E-state index contributed by atoms with van der Waals surface area (Å²) >= 11 is 10.5. The van der Waals surface area contributed by atoms with E-state index in [0.29, 0.717) is 37.3 Å². The van der Waals surface area contributed by atoms with Gasteiger partial charge in [-0.05, 0) is 73.1 Å². The highest BCUT2D eigenvalue weighted by Crippen LogP contribution is 2.16. The third-order valence-corrected chi connectivity index (χ3v) is 8.58. The summed E-state index contributed by atoms with van der Waals surface area (Å²) < 4.78 is 0. The molecule has 0 aromatic heterocycles. The number of carbonyl (C=O) groups is 4. The van der Waals surface area contributed by atoms with Crippen LogP contribution in [0.1, 0.15) is 76.8 Å². The van der Waals surface area contributed by atoms with Gasteiger partial charge in [-0.2, -0.15) is 0 Å². The first-order valence-corrected chi connectivity index (χ1v) is 17.3. The molecule has 0 spiro atoms. The van der Waals surface area contributed by atoms with Crippen LogP contribution in [-0.2, 0) is 32.0 Å². The number of carbonyl (C=O) groups excluding carboxylic acids is 4. The molecule has 2 aromatic carbocycles. The number of allylic oxidation sites excluding steroid dienone is 3. The Kier molecular flexibility index (Phi) is 18.6. The van der Waals surface area contributed by atoms with Crippen molar-refractivity contribution in [3.63, 3.8) is 0 Å². The lowest BCUT2D eigenvalue weighted by atomic mass is 9.95. The maximum atomic E-state index is 13.8. The van der Waals surface area contributed by atoms with Crippen LogP contribution in [0.25, 0.3) is 0 Å². The number of amides is 4. The highest BCUT2D eigenvalue weighted by atomic mass is 35.5. The minimum atomic E-state index is -0.868. The summed E-state index contributed by atoms with van der Waals surface area (Å²) in [5, 5.41) is 12.4. The van der Waals surface area contributed by atoms with Crippen LogP contribution in [0.15, 0.2) is 78.2 Å². The monoisotopic (exact) mass is 682 g/mol. The Hall–Kier alpha value is -3.56. The van der Waals surface area contributed by atoms with Crippen molar-refractivity contribution in [2.24, 2.45) is 5.92 Å². The van der Waals surface area contributed by atoms with E-state index in [1.54, 1.807) is 18.2 Å². The number of unbranched alkanes of at least 4 members (excludes halogenated alkanes) is 1. The van der Waals surface area contributed by atoms with Crippen LogP contribution < -0.4 is 21.3 Å². The maximum Gasteiger partial charge on any atom is 0.243 e. The molecule has 0 saturated carbocycles. The summed E-state index contributed by atoms with van der Waals surface area (Å²) in [5.74, 6) is -1.26. The van der Waals surface area contributed by atoms with Gasteiger partial charge in [-0.15, -0.1) is 12.6 Å². The summed E-state index contributed by atoms with van der Waals surface area (Å²) in [7, 11) is 0. The molecule has 0 bridgehead atoms. The molecule has 0 aliphatic rings. The first kappa shape index (κ1) is 39.6. The second-order valence-electron chi connectivity index (χ2n) is 11.8. The minimum absolute atomic E-state index is 0.0894. The van der Waals surface area contributed by atoms with Crippen LogP contribution in [0.5, 0.6) is 0 Å². The van der Waals surface area contributed by atoms with Gasteiger partial charge in [-0.25, -0.2) is 0 Å². The van der Waals surface area contributed by atoms with E-state index in [9.17, 15) is 19.2 Å². The molecule has 3 unspecified atom stereocenters. The van der Waals surface area contributed by atoms with E-state index in [4.69, 9.17) is 11.6 Å². The van der Waals surface area contributed by atoms with Crippen LogP contribution >= 0.6 is 24.2 Å². The van der Waals surface area contributed by atoms with Gasteiger partial charge in [-0.1, -0.05) is 93.1 Å². The zero-order valence-electron chi connectivity index (χ0n) is 27.9. The summed E-state index contributed by atoms with van der Waals surface area (Å²) in [4.78, 5) is 53.8. The van der Waals surface area contributed by atoms with E-state index in [-0.39, 0.29) is 48.9 Å². The van der Waals surface area contributed by atoms with Crippen molar-refractivity contribution >= 4 is 47.9 Å². The number of hydrogen-bond donors (Lipinski definition) is 5. The predicted octanol–water partition coefficient (Wildman–Crippen LogP) is 6.10. The van der Waals surface area contributed by atoms with E-state index < -0.39 is 18.0 Å². The smallest absolute Gasteiger partial charge is 0.243 e. The van der Waals surface area contributed by atoms with E-state index in [1.165, 1.54) is 0 Å². The fraction of sp³-hybridized carbons (Fsp3) is 0.459. The lowest BCUT2D eigenvalue weighted by molar-refractivity contribution is -0.133.